The number of carbonyl (C=O) groups is 3. The SMILES string of the molecule is COC(=O)[C@@H]1CCCN1C(=O)C=O. The molecule has 13 heavy (non-hydrogen) atoms. The molecule has 1 saturated heterocycles. The van der Waals surface area contributed by atoms with Crippen LogP contribution in [0.3, 0.4) is 0 Å². The van der Waals surface area contributed by atoms with E-state index >= 15 is 0 Å². The maximum atomic E-state index is 11.1. The van der Waals surface area contributed by atoms with E-state index in [1.165, 1.54) is 12.0 Å². The van der Waals surface area contributed by atoms with E-state index in [1.807, 2.05) is 0 Å². The number of ether oxygens (including phenoxy) is 1. The number of amides is 1. The molecule has 0 saturated carbocycles. The number of carbonyl (C=O) groups excluding carboxylic acids is 3. The van der Waals surface area contributed by atoms with Crippen molar-refractivity contribution in [2.24, 2.45) is 0 Å². The number of nitrogens with zero attached hydrogens (tertiary/aromatic N) is 1. The van der Waals surface area contributed by atoms with Gasteiger partial charge in [0.1, 0.15) is 6.04 Å². The summed E-state index contributed by atoms with van der Waals surface area (Å²) >= 11 is 0. The van der Waals surface area contributed by atoms with Gasteiger partial charge in [-0.1, -0.05) is 0 Å². The van der Waals surface area contributed by atoms with Crippen LogP contribution < -0.4 is 0 Å². The van der Waals surface area contributed by atoms with Gasteiger partial charge in [-0.05, 0) is 12.8 Å². The van der Waals surface area contributed by atoms with Crippen LogP contribution in [-0.2, 0) is 19.1 Å². The van der Waals surface area contributed by atoms with E-state index in [0.717, 1.165) is 6.42 Å². The number of hydrogen-bond acceptors (Lipinski definition) is 4. The molecule has 1 aliphatic rings. The Kier molecular flexibility index (Phi) is 3.00. The van der Waals surface area contributed by atoms with Gasteiger partial charge in [-0.2, -0.15) is 0 Å². The zero-order chi connectivity index (χ0) is 9.84. The average molecular weight is 185 g/mol. The Balaban J connectivity index is 2.68. The van der Waals surface area contributed by atoms with Gasteiger partial charge in [0.05, 0.1) is 7.11 Å². The van der Waals surface area contributed by atoms with Crippen molar-refractivity contribution in [3.8, 4) is 0 Å². The Morgan fingerprint density at radius 1 is 1.54 bits per heavy atom. The summed E-state index contributed by atoms with van der Waals surface area (Å²) in [6, 6.07) is -0.567. The van der Waals surface area contributed by atoms with Gasteiger partial charge in [-0.15, -0.1) is 0 Å². The summed E-state index contributed by atoms with van der Waals surface area (Å²) in [5.74, 6) is -1.10. The van der Waals surface area contributed by atoms with Crippen molar-refractivity contribution in [2.75, 3.05) is 13.7 Å². The molecule has 0 aliphatic carbocycles. The Morgan fingerprint density at radius 3 is 2.77 bits per heavy atom. The van der Waals surface area contributed by atoms with Crippen LogP contribution in [0, 0.1) is 0 Å². The molecule has 0 bridgehead atoms. The van der Waals surface area contributed by atoms with Gasteiger partial charge in [-0.3, -0.25) is 9.59 Å². The monoisotopic (exact) mass is 185 g/mol. The fourth-order valence-electron chi connectivity index (χ4n) is 1.48. The van der Waals surface area contributed by atoms with Crippen molar-refractivity contribution in [3.63, 3.8) is 0 Å². The largest absolute Gasteiger partial charge is 0.467 e. The fourth-order valence-corrected chi connectivity index (χ4v) is 1.48. The molecular weight excluding hydrogens is 174 g/mol. The lowest BCUT2D eigenvalue weighted by Gasteiger charge is -2.19. The van der Waals surface area contributed by atoms with Gasteiger partial charge in [0.25, 0.3) is 5.91 Å². The summed E-state index contributed by atoms with van der Waals surface area (Å²) in [4.78, 5) is 33.6. The molecule has 0 N–H and O–H groups in total. The molecule has 5 heteroatoms. The molecule has 5 nitrogen and oxygen atoms in total. The third-order valence-corrected chi connectivity index (χ3v) is 2.11. The van der Waals surface area contributed by atoms with Gasteiger partial charge in [0, 0.05) is 6.54 Å². The highest BCUT2D eigenvalue weighted by atomic mass is 16.5. The number of methoxy groups -OCH3 is 1. The minimum absolute atomic E-state index is 0.223. The van der Waals surface area contributed by atoms with Crippen LogP contribution >= 0.6 is 0 Å². The summed E-state index contributed by atoms with van der Waals surface area (Å²) in [6.45, 7) is 0.456. The average Bonchev–Trinajstić information content (AvgIpc) is 2.63. The van der Waals surface area contributed by atoms with E-state index in [0.29, 0.717) is 13.0 Å². The normalized spacial score (nSPS) is 21.3. The van der Waals surface area contributed by atoms with Crippen molar-refractivity contribution < 1.29 is 19.1 Å². The molecule has 1 atom stereocenters. The van der Waals surface area contributed by atoms with Crippen LogP contribution in [0.4, 0.5) is 0 Å². The van der Waals surface area contributed by atoms with Crippen molar-refractivity contribution in [1.29, 1.82) is 0 Å². The molecule has 72 valence electrons. The van der Waals surface area contributed by atoms with E-state index in [4.69, 9.17) is 0 Å². The molecule has 0 aromatic heterocycles. The van der Waals surface area contributed by atoms with E-state index in [-0.39, 0.29) is 6.29 Å². The maximum Gasteiger partial charge on any atom is 0.328 e. The van der Waals surface area contributed by atoms with Crippen molar-refractivity contribution in [2.45, 2.75) is 18.9 Å². The van der Waals surface area contributed by atoms with Crippen LogP contribution in [0.25, 0.3) is 0 Å². The lowest BCUT2D eigenvalue weighted by Crippen LogP contribution is -2.41. The molecule has 0 unspecified atom stereocenters. The summed E-state index contributed by atoms with van der Waals surface area (Å²) in [5.41, 5.74) is 0. The second-order valence-corrected chi connectivity index (χ2v) is 2.83. The van der Waals surface area contributed by atoms with E-state index < -0.39 is 17.9 Å². The van der Waals surface area contributed by atoms with Crippen LogP contribution in [0.2, 0.25) is 0 Å². The first-order chi connectivity index (χ1) is 6.20. The summed E-state index contributed by atoms with van der Waals surface area (Å²) in [6.07, 6.45) is 1.53. The van der Waals surface area contributed by atoms with Gasteiger partial charge in [0.15, 0.2) is 0 Å². The van der Waals surface area contributed by atoms with Gasteiger partial charge in [0.2, 0.25) is 6.29 Å². The van der Waals surface area contributed by atoms with Crippen LogP contribution in [0.5, 0.6) is 0 Å². The molecule has 1 rings (SSSR count). The second-order valence-electron chi connectivity index (χ2n) is 2.83. The maximum absolute atomic E-state index is 11.1. The fraction of sp³-hybridized carbons (Fsp3) is 0.625. The highest BCUT2D eigenvalue weighted by Crippen LogP contribution is 2.17. The quantitative estimate of drug-likeness (QED) is 0.326. The molecular formula is C8H11NO4. The molecule has 0 aromatic carbocycles. The predicted molar refractivity (Wildman–Crippen MR) is 42.8 cm³/mol. The second kappa shape index (κ2) is 4.02. The summed E-state index contributed by atoms with van der Waals surface area (Å²) < 4.78 is 4.51. The van der Waals surface area contributed by atoms with Gasteiger partial charge in [-0.25, -0.2) is 4.79 Å². The number of aldehydes is 1. The standard InChI is InChI=1S/C8H11NO4/c1-13-8(12)6-3-2-4-9(6)7(11)5-10/h5-6H,2-4H2,1H3/t6-/m0/s1. The highest BCUT2D eigenvalue weighted by molar-refractivity contribution is 6.24. The Morgan fingerprint density at radius 2 is 2.23 bits per heavy atom. The third-order valence-electron chi connectivity index (χ3n) is 2.11. The summed E-state index contributed by atoms with van der Waals surface area (Å²) in [5, 5.41) is 0. The van der Waals surface area contributed by atoms with Crippen molar-refractivity contribution in [3.05, 3.63) is 0 Å². The highest BCUT2D eigenvalue weighted by Gasteiger charge is 2.34. The molecule has 0 radical (unpaired) electrons. The molecule has 1 fully saturated rings. The Bertz CT molecular complexity index is 238. The molecule has 1 amide bonds. The smallest absolute Gasteiger partial charge is 0.328 e. The molecule has 0 aromatic rings. The first kappa shape index (κ1) is 9.70. The number of rotatable bonds is 2. The van der Waals surface area contributed by atoms with Crippen molar-refractivity contribution in [1.82, 2.24) is 4.90 Å². The first-order valence-electron chi connectivity index (χ1n) is 4.04. The number of hydrogen-bond donors (Lipinski definition) is 0. The van der Waals surface area contributed by atoms with Gasteiger partial charge >= 0.3 is 5.97 Å². The lowest BCUT2D eigenvalue weighted by atomic mass is 10.2. The zero-order valence-corrected chi connectivity index (χ0v) is 7.36. The lowest BCUT2D eigenvalue weighted by molar-refractivity contribution is -0.151. The van der Waals surface area contributed by atoms with E-state index in [9.17, 15) is 14.4 Å². The topological polar surface area (TPSA) is 63.7 Å². The molecule has 1 heterocycles. The van der Waals surface area contributed by atoms with Crippen LogP contribution in [0.15, 0.2) is 0 Å². The van der Waals surface area contributed by atoms with E-state index in [2.05, 4.69) is 4.74 Å². The first-order valence-corrected chi connectivity index (χ1v) is 4.04. The van der Waals surface area contributed by atoms with Crippen molar-refractivity contribution >= 4 is 18.2 Å². The zero-order valence-electron chi connectivity index (χ0n) is 7.36. The van der Waals surface area contributed by atoms with Gasteiger partial charge < -0.3 is 9.64 Å². The predicted octanol–water partition coefficient (Wildman–Crippen LogP) is -0.651. The van der Waals surface area contributed by atoms with E-state index in [1.54, 1.807) is 0 Å². The Hall–Kier alpha value is -1.39. The molecule has 1 aliphatic heterocycles. The third kappa shape index (κ3) is 1.85. The number of esters is 1. The van der Waals surface area contributed by atoms with Crippen LogP contribution in [0.1, 0.15) is 12.8 Å². The molecule has 0 spiro atoms. The minimum Gasteiger partial charge on any atom is -0.467 e. The number of likely N-dealkylation sites (tertiary alicyclic amines) is 1. The Labute approximate surface area is 75.6 Å². The van der Waals surface area contributed by atoms with Crippen LogP contribution in [-0.4, -0.2) is 42.8 Å². The summed E-state index contributed by atoms with van der Waals surface area (Å²) in [7, 11) is 1.27. The minimum atomic E-state index is -0.645.